The topological polar surface area (TPSA) is 60.9 Å². The molecule has 1 saturated heterocycles. The van der Waals surface area contributed by atoms with E-state index in [4.69, 9.17) is 5.11 Å². The maximum Gasteiger partial charge on any atom is 0.307 e. The molecule has 20 heavy (non-hydrogen) atoms. The van der Waals surface area contributed by atoms with Crippen molar-refractivity contribution in [2.75, 3.05) is 32.7 Å². The van der Waals surface area contributed by atoms with Gasteiger partial charge in [-0.15, -0.1) is 11.3 Å². The number of nitrogens with zero attached hydrogens (tertiary/aromatic N) is 2. The van der Waals surface area contributed by atoms with Crippen molar-refractivity contribution in [3.05, 3.63) is 22.4 Å². The SMILES string of the molecule is CC(CN1CCN(C(=O)Cc2cccs2)CC1)C(=O)O. The third-order valence-corrected chi connectivity index (χ3v) is 4.46. The van der Waals surface area contributed by atoms with Gasteiger partial charge in [-0.05, 0) is 11.4 Å². The number of carboxylic acid groups (broad SMARTS) is 1. The van der Waals surface area contributed by atoms with Gasteiger partial charge >= 0.3 is 5.97 Å². The minimum atomic E-state index is -0.763. The molecule has 1 aromatic heterocycles. The second-order valence-electron chi connectivity index (χ2n) is 5.18. The maximum atomic E-state index is 12.1. The normalized spacial score (nSPS) is 17.9. The number of carboxylic acids is 1. The predicted molar refractivity (Wildman–Crippen MR) is 77.8 cm³/mol. The van der Waals surface area contributed by atoms with Gasteiger partial charge in [0.05, 0.1) is 12.3 Å². The average molecular weight is 296 g/mol. The van der Waals surface area contributed by atoms with E-state index in [9.17, 15) is 9.59 Å². The van der Waals surface area contributed by atoms with E-state index in [0.717, 1.165) is 18.0 Å². The van der Waals surface area contributed by atoms with E-state index < -0.39 is 5.97 Å². The summed E-state index contributed by atoms with van der Waals surface area (Å²) in [6.45, 7) is 5.17. The van der Waals surface area contributed by atoms with Crippen LogP contribution in [0.4, 0.5) is 0 Å². The van der Waals surface area contributed by atoms with Crippen LogP contribution in [-0.4, -0.2) is 59.5 Å². The summed E-state index contributed by atoms with van der Waals surface area (Å²) in [5, 5.41) is 10.9. The number of hydrogen-bond donors (Lipinski definition) is 1. The fraction of sp³-hybridized carbons (Fsp3) is 0.571. The van der Waals surface area contributed by atoms with Crippen LogP contribution in [0.5, 0.6) is 0 Å². The molecule has 1 unspecified atom stereocenters. The molecular weight excluding hydrogens is 276 g/mol. The number of amides is 1. The first kappa shape index (κ1) is 15.0. The van der Waals surface area contributed by atoms with Crippen LogP contribution >= 0.6 is 11.3 Å². The van der Waals surface area contributed by atoms with Crippen LogP contribution in [-0.2, 0) is 16.0 Å². The summed E-state index contributed by atoms with van der Waals surface area (Å²) < 4.78 is 0. The van der Waals surface area contributed by atoms with Crippen molar-refractivity contribution in [2.24, 2.45) is 5.92 Å². The zero-order chi connectivity index (χ0) is 14.5. The monoisotopic (exact) mass is 296 g/mol. The highest BCUT2D eigenvalue weighted by Crippen LogP contribution is 2.12. The summed E-state index contributed by atoms with van der Waals surface area (Å²) in [7, 11) is 0. The predicted octanol–water partition coefficient (Wildman–Crippen LogP) is 1.16. The van der Waals surface area contributed by atoms with Gasteiger partial charge in [0.2, 0.25) is 5.91 Å². The first-order chi connectivity index (χ1) is 9.56. The molecule has 1 N–H and O–H groups in total. The number of thiophene rings is 1. The number of carbonyl (C=O) groups excluding carboxylic acids is 1. The fourth-order valence-electron chi connectivity index (χ4n) is 2.32. The summed E-state index contributed by atoms with van der Waals surface area (Å²) in [6.07, 6.45) is 0.475. The van der Waals surface area contributed by atoms with E-state index in [0.29, 0.717) is 26.1 Å². The molecule has 0 bridgehead atoms. The summed E-state index contributed by atoms with van der Waals surface area (Å²) >= 11 is 1.60. The molecule has 1 aliphatic heterocycles. The molecular formula is C14H20N2O3S. The minimum absolute atomic E-state index is 0.165. The summed E-state index contributed by atoms with van der Waals surface area (Å²) in [5.74, 6) is -0.956. The maximum absolute atomic E-state index is 12.1. The van der Waals surface area contributed by atoms with Gasteiger partial charge < -0.3 is 10.0 Å². The Kier molecular flexibility index (Phi) is 5.14. The highest BCUT2D eigenvalue weighted by Gasteiger charge is 2.23. The molecule has 0 radical (unpaired) electrons. The molecule has 1 aromatic rings. The van der Waals surface area contributed by atoms with E-state index >= 15 is 0 Å². The molecule has 1 amide bonds. The average Bonchev–Trinajstić information content (AvgIpc) is 2.92. The lowest BCUT2D eigenvalue weighted by Gasteiger charge is -2.35. The zero-order valence-electron chi connectivity index (χ0n) is 11.6. The molecule has 0 saturated carbocycles. The molecule has 2 heterocycles. The number of rotatable bonds is 5. The zero-order valence-corrected chi connectivity index (χ0v) is 12.4. The highest BCUT2D eigenvalue weighted by molar-refractivity contribution is 7.10. The van der Waals surface area contributed by atoms with Gasteiger partial charge in [-0.25, -0.2) is 0 Å². The molecule has 5 nitrogen and oxygen atoms in total. The minimum Gasteiger partial charge on any atom is -0.481 e. The van der Waals surface area contributed by atoms with Crippen molar-refractivity contribution in [3.63, 3.8) is 0 Å². The Morgan fingerprint density at radius 1 is 1.35 bits per heavy atom. The van der Waals surface area contributed by atoms with E-state index in [1.54, 1.807) is 18.3 Å². The van der Waals surface area contributed by atoms with Gasteiger partial charge in [0.15, 0.2) is 0 Å². The van der Waals surface area contributed by atoms with Crippen LogP contribution in [0.3, 0.4) is 0 Å². The molecule has 0 aliphatic carbocycles. The van der Waals surface area contributed by atoms with Crippen molar-refractivity contribution in [1.82, 2.24) is 9.80 Å². The first-order valence-electron chi connectivity index (χ1n) is 6.81. The first-order valence-corrected chi connectivity index (χ1v) is 7.69. The number of piperazine rings is 1. The van der Waals surface area contributed by atoms with Gasteiger partial charge in [-0.2, -0.15) is 0 Å². The van der Waals surface area contributed by atoms with Crippen LogP contribution in [0.25, 0.3) is 0 Å². The second-order valence-corrected chi connectivity index (χ2v) is 6.21. The van der Waals surface area contributed by atoms with Gasteiger partial charge in [0.25, 0.3) is 0 Å². The van der Waals surface area contributed by atoms with Crippen LogP contribution in [0.2, 0.25) is 0 Å². The standard InChI is InChI=1S/C14H20N2O3S/c1-11(14(18)19)10-15-4-6-16(7-5-15)13(17)9-12-3-2-8-20-12/h2-3,8,11H,4-7,9-10H2,1H3,(H,18,19). The van der Waals surface area contributed by atoms with E-state index in [1.807, 2.05) is 22.4 Å². The molecule has 2 rings (SSSR count). The Morgan fingerprint density at radius 3 is 2.60 bits per heavy atom. The van der Waals surface area contributed by atoms with Crippen LogP contribution in [0.1, 0.15) is 11.8 Å². The quantitative estimate of drug-likeness (QED) is 0.885. The van der Waals surface area contributed by atoms with Gasteiger partial charge in [-0.3, -0.25) is 14.5 Å². The van der Waals surface area contributed by atoms with Gasteiger partial charge in [-0.1, -0.05) is 13.0 Å². The lowest BCUT2D eigenvalue weighted by atomic mass is 10.1. The van der Waals surface area contributed by atoms with Crippen molar-refractivity contribution in [3.8, 4) is 0 Å². The van der Waals surface area contributed by atoms with Gasteiger partial charge in [0.1, 0.15) is 0 Å². The Hall–Kier alpha value is -1.40. The van der Waals surface area contributed by atoms with Crippen molar-refractivity contribution in [1.29, 1.82) is 0 Å². The lowest BCUT2D eigenvalue weighted by molar-refractivity contribution is -0.142. The molecule has 110 valence electrons. The molecule has 0 spiro atoms. The van der Waals surface area contributed by atoms with Crippen LogP contribution < -0.4 is 0 Å². The molecule has 1 aliphatic rings. The van der Waals surface area contributed by atoms with Crippen LogP contribution in [0.15, 0.2) is 17.5 Å². The summed E-state index contributed by atoms with van der Waals surface area (Å²) in [6, 6.07) is 3.94. The summed E-state index contributed by atoms with van der Waals surface area (Å²) in [4.78, 5) is 28.0. The third kappa shape index (κ3) is 4.05. The fourth-order valence-corrected chi connectivity index (χ4v) is 3.02. The Morgan fingerprint density at radius 2 is 2.05 bits per heavy atom. The number of carbonyl (C=O) groups is 2. The van der Waals surface area contributed by atoms with Crippen LogP contribution in [0, 0.1) is 5.92 Å². The highest BCUT2D eigenvalue weighted by atomic mass is 32.1. The smallest absolute Gasteiger partial charge is 0.307 e. The number of aliphatic carboxylic acids is 1. The van der Waals surface area contributed by atoms with E-state index in [-0.39, 0.29) is 11.8 Å². The van der Waals surface area contributed by atoms with Crippen molar-refractivity contribution >= 4 is 23.2 Å². The summed E-state index contributed by atoms with van der Waals surface area (Å²) in [5.41, 5.74) is 0. The third-order valence-electron chi connectivity index (χ3n) is 3.58. The van der Waals surface area contributed by atoms with E-state index in [2.05, 4.69) is 4.90 Å². The van der Waals surface area contributed by atoms with Crippen molar-refractivity contribution < 1.29 is 14.7 Å². The lowest BCUT2D eigenvalue weighted by Crippen LogP contribution is -2.50. The Labute approximate surface area is 122 Å². The largest absolute Gasteiger partial charge is 0.481 e. The van der Waals surface area contributed by atoms with Gasteiger partial charge in [0, 0.05) is 37.6 Å². The molecule has 0 aromatic carbocycles. The molecule has 6 heteroatoms. The molecule has 1 atom stereocenters. The van der Waals surface area contributed by atoms with Crippen molar-refractivity contribution in [2.45, 2.75) is 13.3 Å². The number of hydrogen-bond acceptors (Lipinski definition) is 4. The Bertz CT molecular complexity index is 453. The second kappa shape index (κ2) is 6.85. The molecule has 1 fully saturated rings. The Balaban J connectivity index is 1.76. The van der Waals surface area contributed by atoms with E-state index in [1.165, 1.54) is 0 Å².